The highest BCUT2D eigenvalue weighted by Gasteiger charge is 2.24. The quantitative estimate of drug-likeness (QED) is 0.335. The number of rotatable bonds is 7. The normalized spacial score (nSPS) is 17.9. The third-order valence-electron chi connectivity index (χ3n) is 4.44. The highest BCUT2D eigenvalue weighted by Crippen LogP contribution is 2.36. The van der Waals surface area contributed by atoms with E-state index in [0.29, 0.717) is 24.3 Å². The number of aryl methyl sites for hydroxylation is 1. The van der Waals surface area contributed by atoms with Gasteiger partial charge in [0.25, 0.3) is 5.56 Å². The fourth-order valence-electron chi connectivity index (χ4n) is 3.06. The molecule has 1 aliphatic carbocycles. The van der Waals surface area contributed by atoms with Crippen molar-refractivity contribution in [2.75, 3.05) is 19.8 Å². The first-order valence-corrected chi connectivity index (χ1v) is 10.6. The van der Waals surface area contributed by atoms with Crippen LogP contribution in [0.2, 0.25) is 0 Å². The van der Waals surface area contributed by atoms with Crippen molar-refractivity contribution in [3.8, 4) is 0 Å². The fourth-order valence-corrected chi connectivity index (χ4v) is 5.30. The Labute approximate surface area is 160 Å². The van der Waals surface area contributed by atoms with E-state index >= 15 is 0 Å². The fraction of sp³-hybridized carbons (Fsp3) is 0.611. The van der Waals surface area contributed by atoms with E-state index in [1.165, 1.54) is 16.6 Å². The average molecular weight is 397 g/mol. The summed E-state index contributed by atoms with van der Waals surface area (Å²) in [4.78, 5) is 34.1. The Balaban J connectivity index is 1.73. The summed E-state index contributed by atoms with van der Waals surface area (Å²) in [5.74, 6) is 0.312. The van der Waals surface area contributed by atoms with Crippen molar-refractivity contribution >= 4 is 39.3 Å². The zero-order valence-electron chi connectivity index (χ0n) is 15.3. The molecular weight excluding hydrogens is 372 g/mol. The lowest BCUT2D eigenvalue weighted by atomic mass is 9.89. The van der Waals surface area contributed by atoms with Crippen LogP contribution in [0.25, 0.3) is 10.2 Å². The van der Waals surface area contributed by atoms with Crippen LogP contribution in [-0.4, -0.2) is 41.0 Å². The Kier molecular flexibility index (Phi) is 6.37. The van der Waals surface area contributed by atoms with Gasteiger partial charge in [-0.25, -0.2) is 4.98 Å². The molecule has 0 spiro atoms. The zero-order valence-corrected chi connectivity index (χ0v) is 16.9. The number of carbonyl (C=O) groups is 1. The van der Waals surface area contributed by atoms with E-state index < -0.39 is 5.25 Å². The molecule has 0 amide bonds. The third-order valence-corrected chi connectivity index (χ3v) is 6.55. The molecule has 0 saturated heterocycles. The number of hydrogen-bond donors (Lipinski definition) is 1. The van der Waals surface area contributed by atoms with Gasteiger partial charge in [0, 0.05) is 11.5 Å². The molecule has 2 aromatic rings. The summed E-state index contributed by atoms with van der Waals surface area (Å²) in [5.41, 5.74) is 1.05. The van der Waals surface area contributed by atoms with E-state index in [9.17, 15) is 9.59 Å². The second kappa shape index (κ2) is 8.54. The first-order valence-electron chi connectivity index (χ1n) is 8.95. The number of hydrogen-bond acceptors (Lipinski definition) is 7. The number of aromatic amines is 1. The number of aromatic nitrogens is 2. The van der Waals surface area contributed by atoms with Crippen LogP contribution in [0.5, 0.6) is 0 Å². The molecule has 1 aliphatic rings. The van der Waals surface area contributed by atoms with Crippen molar-refractivity contribution in [3.05, 3.63) is 20.8 Å². The van der Waals surface area contributed by atoms with Crippen molar-refractivity contribution < 1.29 is 14.3 Å². The molecule has 2 heterocycles. The molecule has 0 fully saturated rings. The maximum absolute atomic E-state index is 12.6. The molecule has 2 aromatic heterocycles. The summed E-state index contributed by atoms with van der Waals surface area (Å²) in [6, 6.07) is 0. The van der Waals surface area contributed by atoms with Crippen LogP contribution in [0.4, 0.5) is 0 Å². The number of fused-ring (bicyclic) bond motifs is 3. The van der Waals surface area contributed by atoms with Crippen LogP contribution in [-0.2, 0) is 27.1 Å². The molecule has 0 unspecified atom stereocenters. The van der Waals surface area contributed by atoms with Gasteiger partial charge in [0.2, 0.25) is 0 Å². The lowest BCUT2D eigenvalue weighted by Gasteiger charge is -2.17. The summed E-state index contributed by atoms with van der Waals surface area (Å²) in [7, 11) is 0. The van der Waals surface area contributed by atoms with E-state index in [2.05, 4.69) is 16.9 Å². The Morgan fingerprint density at radius 1 is 1.46 bits per heavy atom. The van der Waals surface area contributed by atoms with Gasteiger partial charge in [-0.2, -0.15) is 0 Å². The molecule has 8 heteroatoms. The summed E-state index contributed by atoms with van der Waals surface area (Å²) < 4.78 is 10.3. The number of H-pyrrole nitrogens is 1. The smallest absolute Gasteiger partial charge is 0.319 e. The van der Waals surface area contributed by atoms with Gasteiger partial charge in [-0.15, -0.1) is 11.3 Å². The van der Waals surface area contributed by atoms with E-state index in [0.717, 1.165) is 35.0 Å². The van der Waals surface area contributed by atoms with Crippen molar-refractivity contribution in [2.45, 2.75) is 50.4 Å². The first-order chi connectivity index (χ1) is 12.5. The lowest BCUT2D eigenvalue weighted by Crippen LogP contribution is -2.20. The zero-order chi connectivity index (χ0) is 18.7. The van der Waals surface area contributed by atoms with Gasteiger partial charge in [-0.05, 0) is 44.6 Å². The van der Waals surface area contributed by atoms with Crippen molar-refractivity contribution in [3.63, 3.8) is 0 Å². The molecule has 26 heavy (non-hydrogen) atoms. The van der Waals surface area contributed by atoms with E-state index in [1.807, 2.05) is 6.92 Å². The van der Waals surface area contributed by atoms with Gasteiger partial charge in [-0.1, -0.05) is 18.7 Å². The second-order valence-corrected chi connectivity index (χ2v) is 8.94. The average Bonchev–Trinajstić information content (AvgIpc) is 2.96. The third kappa shape index (κ3) is 4.29. The van der Waals surface area contributed by atoms with Crippen LogP contribution in [0.1, 0.15) is 37.6 Å². The Morgan fingerprint density at radius 3 is 3.04 bits per heavy atom. The van der Waals surface area contributed by atoms with Crippen LogP contribution in [0.3, 0.4) is 0 Å². The summed E-state index contributed by atoms with van der Waals surface area (Å²) in [5, 5.41) is 0.739. The molecule has 2 atom stereocenters. The van der Waals surface area contributed by atoms with E-state index in [4.69, 9.17) is 9.47 Å². The van der Waals surface area contributed by atoms with Crippen molar-refractivity contribution in [1.29, 1.82) is 0 Å². The van der Waals surface area contributed by atoms with Gasteiger partial charge in [0.15, 0.2) is 5.16 Å². The number of carbonyl (C=O) groups excluding carboxylic acids is 1. The number of nitrogens with zero attached hydrogens (tertiary/aromatic N) is 1. The predicted molar refractivity (Wildman–Crippen MR) is 104 cm³/mol. The number of esters is 1. The molecule has 142 valence electrons. The molecule has 3 rings (SSSR count). The van der Waals surface area contributed by atoms with E-state index in [-0.39, 0.29) is 18.1 Å². The van der Waals surface area contributed by atoms with Crippen molar-refractivity contribution in [1.82, 2.24) is 9.97 Å². The molecule has 0 aliphatic heterocycles. The second-order valence-electron chi connectivity index (χ2n) is 6.53. The highest BCUT2D eigenvalue weighted by molar-refractivity contribution is 8.00. The number of ether oxygens (including phenoxy) is 2. The maximum atomic E-state index is 12.6. The van der Waals surface area contributed by atoms with Crippen LogP contribution in [0, 0.1) is 5.92 Å². The number of nitrogens with one attached hydrogen (secondary N) is 1. The van der Waals surface area contributed by atoms with E-state index in [1.54, 1.807) is 18.3 Å². The minimum absolute atomic E-state index is 0.110. The predicted octanol–water partition coefficient (Wildman–Crippen LogP) is 3.17. The minimum Gasteiger partial charge on any atom is -0.462 e. The highest BCUT2D eigenvalue weighted by atomic mass is 32.2. The number of thioether (sulfide) groups is 1. The van der Waals surface area contributed by atoms with Crippen LogP contribution >= 0.6 is 23.1 Å². The molecule has 0 aromatic carbocycles. The molecule has 6 nitrogen and oxygen atoms in total. The summed E-state index contributed by atoms with van der Waals surface area (Å²) >= 11 is 2.83. The number of thiophene rings is 1. The van der Waals surface area contributed by atoms with Gasteiger partial charge in [0.1, 0.15) is 16.7 Å². The molecule has 0 bridgehead atoms. The van der Waals surface area contributed by atoms with Crippen LogP contribution < -0.4 is 5.56 Å². The monoisotopic (exact) mass is 396 g/mol. The van der Waals surface area contributed by atoms with Gasteiger partial charge >= 0.3 is 5.97 Å². The van der Waals surface area contributed by atoms with Crippen molar-refractivity contribution in [2.24, 2.45) is 5.92 Å². The lowest BCUT2D eigenvalue weighted by molar-refractivity contribution is -0.144. The molecular formula is C18H24N2O4S2. The Bertz CT molecular complexity index is 846. The maximum Gasteiger partial charge on any atom is 0.319 e. The molecule has 0 radical (unpaired) electrons. The topological polar surface area (TPSA) is 81.3 Å². The van der Waals surface area contributed by atoms with Crippen LogP contribution in [0.15, 0.2) is 9.95 Å². The minimum atomic E-state index is -0.452. The SMILES string of the molecule is CCOCCOC(=O)[C@H](C)Sc1nc2sc3c(c2c(=O)[nH]1)CC[C@H](C)C3. The molecule has 0 saturated carbocycles. The summed E-state index contributed by atoms with van der Waals surface area (Å²) in [6.45, 7) is 7.10. The molecule has 1 N–H and O–H groups in total. The Morgan fingerprint density at radius 2 is 2.27 bits per heavy atom. The standard InChI is InChI=1S/C18H24N2O4S2/c1-4-23-7-8-24-17(22)11(3)25-18-19-15(21)14-12-6-5-10(2)9-13(12)26-16(14)20-18/h10-11H,4-9H2,1-3H3,(H,19,20,21)/t10-,11-/m0/s1. The largest absolute Gasteiger partial charge is 0.462 e. The first kappa shape index (κ1) is 19.4. The van der Waals surface area contributed by atoms with Gasteiger partial charge < -0.3 is 14.5 Å². The van der Waals surface area contributed by atoms with Gasteiger partial charge in [0.05, 0.1) is 12.0 Å². The Hall–Kier alpha value is -1.38. The summed E-state index contributed by atoms with van der Waals surface area (Å²) in [6.07, 6.45) is 3.07. The van der Waals surface area contributed by atoms with Gasteiger partial charge in [-0.3, -0.25) is 9.59 Å².